The first-order valence-corrected chi connectivity index (χ1v) is 8.16. The van der Waals surface area contributed by atoms with Crippen LogP contribution in [0.2, 0.25) is 0 Å². The summed E-state index contributed by atoms with van der Waals surface area (Å²) < 4.78 is 4.91. The Morgan fingerprint density at radius 2 is 2.10 bits per heavy atom. The van der Waals surface area contributed by atoms with Crippen molar-refractivity contribution in [3.05, 3.63) is 0 Å². The minimum absolute atomic E-state index is 0.137. The highest BCUT2D eigenvalue weighted by Crippen LogP contribution is 2.19. The SMILES string of the molecule is CCC1CCCCCN1CCC(NC(C)C)C(=O)OC. The van der Waals surface area contributed by atoms with Crippen LogP contribution in [-0.2, 0) is 9.53 Å². The second-order valence-corrected chi connectivity index (χ2v) is 6.13. The quantitative estimate of drug-likeness (QED) is 0.730. The minimum Gasteiger partial charge on any atom is -0.468 e. The Morgan fingerprint density at radius 1 is 1.35 bits per heavy atom. The Balaban J connectivity index is 2.52. The molecule has 0 bridgehead atoms. The third kappa shape index (κ3) is 5.80. The van der Waals surface area contributed by atoms with Gasteiger partial charge in [0.25, 0.3) is 0 Å². The highest BCUT2D eigenvalue weighted by atomic mass is 16.5. The predicted octanol–water partition coefficient (Wildman–Crippen LogP) is 2.57. The number of methoxy groups -OCH3 is 1. The highest BCUT2D eigenvalue weighted by Gasteiger charge is 2.24. The van der Waals surface area contributed by atoms with Crippen LogP contribution < -0.4 is 5.32 Å². The largest absolute Gasteiger partial charge is 0.468 e. The lowest BCUT2D eigenvalue weighted by Crippen LogP contribution is -2.45. The number of esters is 1. The molecule has 0 saturated carbocycles. The molecule has 20 heavy (non-hydrogen) atoms. The van der Waals surface area contributed by atoms with Gasteiger partial charge < -0.3 is 15.0 Å². The molecule has 1 aliphatic rings. The number of nitrogens with one attached hydrogen (secondary N) is 1. The fraction of sp³-hybridized carbons (Fsp3) is 0.938. The lowest BCUT2D eigenvalue weighted by molar-refractivity contribution is -0.143. The van der Waals surface area contributed by atoms with Gasteiger partial charge in [-0.3, -0.25) is 4.79 Å². The van der Waals surface area contributed by atoms with Crippen LogP contribution in [0.4, 0.5) is 0 Å². The molecule has 1 fully saturated rings. The molecule has 0 radical (unpaired) electrons. The van der Waals surface area contributed by atoms with Crippen LogP contribution in [0.5, 0.6) is 0 Å². The van der Waals surface area contributed by atoms with Crippen LogP contribution in [0.3, 0.4) is 0 Å². The summed E-state index contributed by atoms with van der Waals surface area (Å²) in [6.07, 6.45) is 7.33. The van der Waals surface area contributed by atoms with Crippen LogP contribution in [0.25, 0.3) is 0 Å². The number of carbonyl (C=O) groups is 1. The zero-order valence-electron chi connectivity index (χ0n) is 13.7. The lowest BCUT2D eigenvalue weighted by atomic mass is 10.1. The molecule has 2 atom stereocenters. The molecule has 0 amide bonds. The van der Waals surface area contributed by atoms with Crippen molar-refractivity contribution < 1.29 is 9.53 Å². The van der Waals surface area contributed by atoms with Crippen molar-refractivity contribution in [1.29, 1.82) is 0 Å². The molecule has 1 aliphatic heterocycles. The van der Waals surface area contributed by atoms with Crippen molar-refractivity contribution in [2.24, 2.45) is 0 Å². The summed E-state index contributed by atoms with van der Waals surface area (Å²) in [5, 5.41) is 3.32. The number of hydrogen-bond donors (Lipinski definition) is 1. The van der Waals surface area contributed by atoms with Gasteiger partial charge in [0, 0.05) is 18.6 Å². The summed E-state index contributed by atoms with van der Waals surface area (Å²) in [6, 6.07) is 0.806. The number of carbonyl (C=O) groups excluding carboxylic acids is 1. The number of ether oxygens (including phenoxy) is 1. The molecule has 0 aromatic heterocycles. The molecule has 0 aromatic carbocycles. The Kier molecular flexibility index (Phi) is 8.15. The average molecular weight is 284 g/mol. The van der Waals surface area contributed by atoms with E-state index in [-0.39, 0.29) is 12.0 Å². The predicted molar refractivity (Wildman–Crippen MR) is 82.8 cm³/mol. The molecule has 0 aromatic rings. The Bertz CT molecular complexity index is 282. The average Bonchev–Trinajstić information content (AvgIpc) is 2.66. The van der Waals surface area contributed by atoms with E-state index in [1.807, 2.05) is 0 Å². The zero-order valence-corrected chi connectivity index (χ0v) is 13.7. The molecule has 2 unspecified atom stereocenters. The van der Waals surface area contributed by atoms with Crippen LogP contribution in [-0.4, -0.2) is 49.2 Å². The fourth-order valence-corrected chi connectivity index (χ4v) is 3.10. The molecule has 4 heteroatoms. The van der Waals surface area contributed by atoms with Gasteiger partial charge in [0.05, 0.1) is 7.11 Å². The van der Waals surface area contributed by atoms with Gasteiger partial charge in [0.15, 0.2) is 0 Å². The first-order valence-electron chi connectivity index (χ1n) is 8.16. The van der Waals surface area contributed by atoms with E-state index < -0.39 is 0 Å². The van der Waals surface area contributed by atoms with E-state index in [1.54, 1.807) is 0 Å². The number of rotatable bonds is 7. The maximum Gasteiger partial charge on any atom is 0.322 e. The molecule has 1 heterocycles. The summed E-state index contributed by atoms with van der Waals surface area (Å²) in [7, 11) is 1.47. The van der Waals surface area contributed by atoms with Gasteiger partial charge in [-0.15, -0.1) is 0 Å². The molecule has 0 aliphatic carbocycles. The van der Waals surface area contributed by atoms with Gasteiger partial charge in [0.1, 0.15) is 6.04 Å². The Morgan fingerprint density at radius 3 is 2.70 bits per heavy atom. The summed E-state index contributed by atoms with van der Waals surface area (Å²) in [4.78, 5) is 14.4. The van der Waals surface area contributed by atoms with Gasteiger partial charge in [-0.05, 0) is 32.2 Å². The molecule has 4 nitrogen and oxygen atoms in total. The second kappa shape index (κ2) is 9.35. The smallest absolute Gasteiger partial charge is 0.322 e. The van der Waals surface area contributed by atoms with Gasteiger partial charge in [-0.1, -0.05) is 33.6 Å². The molecule has 118 valence electrons. The van der Waals surface area contributed by atoms with E-state index in [0.29, 0.717) is 12.1 Å². The number of likely N-dealkylation sites (tertiary alicyclic amines) is 1. The first kappa shape index (κ1) is 17.4. The molecule has 0 spiro atoms. The van der Waals surface area contributed by atoms with Crippen molar-refractivity contribution in [3.63, 3.8) is 0 Å². The van der Waals surface area contributed by atoms with E-state index in [1.165, 1.54) is 45.8 Å². The maximum atomic E-state index is 11.8. The van der Waals surface area contributed by atoms with E-state index in [2.05, 4.69) is 31.0 Å². The van der Waals surface area contributed by atoms with Crippen LogP contribution in [0.1, 0.15) is 59.3 Å². The van der Waals surface area contributed by atoms with Crippen LogP contribution in [0, 0.1) is 0 Å². The van der Waals surface area contributed by atoms with Crippen molar-refractivity contribution in [1.82, 2.24) is 10.2 Å². The van der Waals surface area contributed by atoms with Crippen molar-refractivity contribution in [2.75, 3.05) is 20.2 Å². The summed E-state index contributed by atoms with van der Waals surface area (Å²) >= 11 is 0. The second-order valence-electron chi connectivity index (χ2n) is 6.13. The number of nitrogens with zero attached hydrogens (tertiary/aromatic N) is 1. The Hall–Kier alpha value is -0.610. The third-order valence-corrected chi connectivity index (χ3v) is 4.20. The van der Waals surface area contributed by atoms with Crippen LogP contribution in [0.15, 0.2) is 0 Å². The maximum absolute atomic E-state index is 11.8. The molecular weight excluding hydrogens is 252 g/mol. The van der Waals surface area contributed by atoms with Gasteiger partial charge >= 0.3 is 5.97 Å². The van der Waals surface area contributed by atoms with Crippen molar-refractivity contribution >= 4 is 5.97 Å². The summed E-state index contributed by atoms with van der Waals surface area (Å²) in [5.74, 6) is -0.137. The standard InChI is InChI=1S/C16H32N2O2/c1-5-14-9-7-6-8-11-18(14)12-10-15(16(19)20-4)17-13(2)3/h13-15,17H,5-12H2,1-4H3. The molecular formula is C16H32N2O2. The minimum atomic E-state index is -0.180. The van der Waals surface area contributed by atoms with Gasteiger partial charge in [-0.2, -0.15) is 0 Å². The monoisotopic (exact) mass is 284 g/mol. The molecule has 1 N–H and O–H groups in total. The third-order valence-electron chi connectivity index (χ3n) is 4.20. The van der Waals surface area contributed by atoms with Crippen molar-refractivity contribution in [3.8, 4) is 0 Å². The zero-order chi connectivity index (χ0) is 15.0. The normalized spacial score (nSPS) is 22.6. The van der Waals surface area contributed by atoms with Gasteiger partial charge in [-0.25, -0.2) is 0 Å². The molecule has 1 saturated heterocycles. The summed E-state index contributed by atoms with van der Waals surface area (Å²) in [5.41, 5.74) is 0. The Labute approximate surface area is 124 Å². The van der Waals surface area contributed by atoms with E-state index >= 15 is 0 Å². The van der Waals surface area contributed by atoms with E-state index in [9.17, 15) is 4.79 Å². The number of hydrogen-bond acceptors (Lipinski definition) is 4. The first-order chi connectivity index (χ1) is 9.58. The fourth-order valence-electron chi connectivity index (χ4n) is 3.10. The lowest BCUT2D eigenvalue weighted by Gasteiger charge is -2.30. The van der Waals surface area contributed by atoms with E-state index in [4.69, 9.17) is 4.74 Å². The molecule has 1 rings (SSSR count). The van der Waals surface area contributed by atoms with Gasteiger partial charge in [0.2, 0.25) is 0 Å². The highest BCUT2D eigenvalue weighted by molar-refractivity contribution is 5.75. The van der Waals surface area contributed by atoms with Crippen molar-refractivity contribution in [2.45, 2.75) is 77.4 Å². The van der Waals surface area contributed by atoms with Crippen LogP contribution >= 0.6 is 0 Å². The van der Waals surface area contributed by atoms with E-state index in [0.717, 1.165) is 13.0 Å². The topological polar surface area (TPSA) is 41.6 Å². The summed E-state index contributed by atoms with van der Waals surface area (Å²) in [6.45, 7) is 8.56.